The Morgan fingerprint density at radius 3 is 2.35 bits per heavy atom. The first kappa shape index (κ1) is 23.7. The van der Waals surface area contributed by atoms with Gasteiger partial charge in [-0.3, -0.25) is 4.79 Å². The van der Waals surface area contributed by atoms with Gasteiger partial charge < -0.3 is 15.0 Å². The monoisotopic (exact) mass is 474 g/mol. The first-order chi connectivity index (χ1) is 16.3. The van der Waals surface area contributed by atoms with Crippen LogP contribution in [-0.4, -0.2) is 29.5 Å². The van der Waals surface area contributed by atoms with Crippen molar-refractivity contribution in [2.45, 2.75) is 40.5 Å². The van der Waals surface area contributed by atoms with E-state index in [4.69, 9.17) is 9.72 Å². The Morgan fingerprint density at radius 1 is 1.06 bits per heavy atom. The predicted molar refractivity (Wildman–Crippen MR) is 141 cm³/mol. The Kier molecular flexibility index (Phi) is 6.84. The van der Waals surface area contributed by atoms with E-state index in [1.54, 1.807) is 0 Å². The average molecular weight is 475 g/mol. The fourth-order valence-electron chi connectivity index (χ4n) is 3.87. The number of amides is 1. The molecule has 4 rings (SSSR count). The lowest BCUT2D eigenvalue weighted by Crippen LogP contribution is -2.13. The average Bonchev–Trinajstić information content (AvgIpc) is 3.15. The number of thiophene rings is 1. The number of carbonyl (C=O) groups excluding carboxylic acids is 1. The number of aryl methyl sites for hydroxylation is 2. The molecule has 0 fully saturated rings. The lowest BCUT2D eigenvalue weighted by Gasteiger charge is -2.20. The molecule has 176 valence electrons. The highest BCUT2D eigenvalue weighted by Crippen LogP contribution is 2.38. The van der Waals surface area contributed by atoms with E-state index < -0.39 is 0 Å². The van der Waals surface area contributed by atoms with E-state index >= 15 is 0 Å². The van der Waals surface area contributed by atoms with Gasteiger partial charge in [0.25, 0.3) is 5.91 Å². The molecule has 6 nitrogen and oxygen atoms in total. The molecule has 34 heavy (non-hydrogen) atoms. The first-order valence-electron chi connectivity index (χ1n) is 11.4. The molecule has 7 heteroatoms. The Hall–Kier alpha value is -3.45. The maximum absolute atomic E-state index is 13.2. The molecule has 2 aromatic heterocycles. The second-order valence-electron chi connectivity index (χ2n) is 8.55. The van der Waals surface area contributed by atoms with Crippen molar-refractivity contribution >= 4 is 44.7 Å². The number of carbonyl (C=O) groups is 1. The van der Waals surface area contributed by atoms with Crippen LogP contribution < -0.4 is 15.0 Å². The van der Waals surface area contributed by atoms with Crippen molar-refractivity contribution < 1.29 is 9.53 Å². The summed E-state index contributed by atoms with van der Waals surface area (Å²) in [4.78, 5) is 26.1. The molecule has 0 aliphatic rings. The third-order valence-corrected chi connectivity index (χ3v) is 6.96. The Bertz CT molecular complexity index is 1310. The maximum atomic E-state index is 13.2. The normalized spacial score (nSPS) is 11.1. The predicted octanol–water partition coefficient (Wildman–Crippen LogP) is 6.85. The zero-order chi connectivity index (χ0) is 24.4. The molecule has 0 spiro atoms. The molecule has 2 heterocycles. The van der Waals surface area contributed by atoms with Crippen LogP contribution in [0.4, 0.5) is 17.2 Å². The van der Waals surface area contributed by atoms with E-state index in [0.717, 1.165) is 38.7 Å². The molecular weight excluding hydrogens is 444 g/mol. The van der Waals surface area contributed by atoms with Gasteiger partial charge in [-0.1, -0.05) is 26.0 Å². The van der Waals surface area contributed by atoms with Crippen molar-refractivity contribution in [2.75, 3.05) is 23.9 Å². The van der Waals surface area contributed by atoms with Gasteiger partial charge in [0, 0.05) is 18.4 Å². The Labute approximate surface area is 204 Å². The highest BCUT2D eigenvalue weighted by Gasteiger charge is 2.22. The number of ether oxygens (including phenoxy) is 1. The number of nitrogens with zero attached hydrogens (tertiary/aromatic N) is 3. The fraction of sp³-hybridized carbons (Fsp3) is 0.296. The summed E-state index contributed by atoms with van der Waals surface area (Å²) < 4.78 is 5.48. The molecular formula is C27H30N4O2S. The zero-order valence-electron chi connectivity index (χ0n) is 20.5. The first-order valence-corrected chi connectivity index (χ1v) is 12.3. The molecule has 0 saturated carbocycles. The van der Waals surface area contributed by atoms with Gasteiger partial charge in [0.05, 0.1) is 16.9 Å². The molecule has 0 unspecified atom stereocenters. The molecule has 1 N–H and O–H groups in total. The summed E-state index contributed by atoms with van der Waals surface area (Å²) in [6.07, 6.45) is 0. The molecule has 4 aromatic rings. The summed E-state index contributed by atoms with van der Waals surface area (Å²) in [5.41, 5.74) is 3.93. The number of rotatable bonds is 7. The summed E-state index contributed by atoms with van der Waals surface area (Å²) in [5, 5.41) is 3.90. The summed E-state index contributed by atoms with van der Waals surface area (Å²) in [7, 11) is 2.00. The number of fused-ring (bicyclic) bond motifs is 1. The van der Waals surface area contributed by atoms with Crippen LogP contribution in [-0.2, 0) is 0 Å². The van der Waals surface area contributed by atoms with Gasteiger partial charge in [-0.25, -0.2) is 9.97 Å². The van der Waals surface area contributed by atoms with E-state index in [9.17, 15) is 4.79 Å². The van der Waals surface area contributed by atoms with Gasteiger partial charge in [0.15, 0.2) is 0 Å². The number of aromatic nitrogens is 2. The highest BCUT2D eigenvalue weighted by molar-refractivity contribution is 7.20. The molecule has 0 aliphatic heterocycles. The van der Waals surface area contributed by atoms with Crippen LogP contribution in [0.25, 0.3) is 10.2 Å². The van der Waals surface area contributed by atoms with Crippen LogP contribution >= 0.6 is 11.3 Å². The molecule has 0 atom stereocenters. The van der Waals surface area contributed by atoms with Crippen molar-refractivity contribution in [2.24, 2.45) is 0 Å². The number of nitrogens with one attached hydrogen (secondary N) is 1. The smallest absolute Gasteiger partial charge is 0.266 e. The number of benzene rings is 2. The summed E-state index contributed by atoms with van der Waals surface area (Å²) in [5.74, 6) is 2.57. The fourth-order valence-corrected chi connectivity index (χ4v) is 4.99. The SMILES string of the molecule is CCOc1ccc(NC(=O)c2sc3nc(C)nc(N(C)c4ccc(C(C)C)cc4)c3c2C)cc1. The van der Waals surface area contributed by atoms with Crippen LogP contribution in [0.3, 0.4) is 0 Å². The van der Waals surface area contributed by atoms with Crippen molar-refractivity contribution in [3.05, 3.63) is 70.4 Å². The van der Waals surface area contributed by atoms with Crippen LogP contribution in [0.2, 0.25) is 0 Å². The number of anilines is 3. The van der Waals surface area contributed by atoms with Crippen molar-refractivity contribution in [1.82, 2.24) is 9.97 Å². The van der Waals surface area contributed by atoms with Crippen LogP contribution in [0.15, 0.2) is 48.5 Å². The minimum atomic E-state index is -0.155. The van der Waals surface area contributed by atoms with Crippen molar-refractivity contribution in [1.29, 1.82) is 0 Å². The van der Waals surface area contributed by atoms with Crippen molar-refractivity contribution in [3.8, 4) is 5.75 Å². The highest BCUT2D eigenvalue weighted by atomic mass is 32.1. The topological polar surface area (TPSA) is 67.3 Å². The van der Waals surface area contributed by atoms with E-state index in [1.165, 1.54) is 16.9 Å². The van der Waals surface area contributed by atoms with Gasteiger partial charge in [-0.2, -0.15) is 0 Å². The zero-order valence-corrected chi connectivity index (χ0v) is 21.3. The minimum absolute atomic E-state index is 0.155. The quantitative estimate of drug-likeness (QED) is 0.317. The molecule has 0 radical (unpaired) electrons. The van der Waals surface area contributed by atoms with Crippen LogP contribution in [0.5, 0.6) is 5.75 Å². The number of hydrogen-bond donors (Lipinski definition) is 1. The largest absolute Gasteiger partial charge is 0.494 e. The van der Waals surface area contributed by atoms with Crippen molar-refractivity contribution in [3.63, 3.8) is 0 Å². The Balaban J connectivity index is 1.67. The third-order valence-electron chi connectivity index (χ3n) is 5.78. The molecule has 0 aliphatic carbocycles. The van der Waals surface area contributed by atoms with E-state index in [2.05, 4.69) is 53.3 Å². The van der Waals surface area contributed by atoms with E-state index in [1.807, 2.05) is 52.1 Å². The Morgan fingerprint density at radius 2 is 1.74 bits per heavy atom. The van der Waals surface area contributed by atoms with Crippen LogP contribution in [0, 0.1) is 13.8 Å². The molecule has 1 amide bonds. The molecule has 0 saturated heterocycles. The standard InChI is InChI=1S/C27H30N4O2S/c1-7-33-22-14-10-20(11-15-22)30-26(32)24-17(4)23-25(28-18(5)29-27(23)34-24)31(6)21-12-8-19(9-13-21)16(2)3/h8-16H,7H2,1-6H3,(H,30,32). The minimum Gasteiger partial charge on any atom is -0.494 e. The summed E-state index contributed by atoms with van der Waals surface area (Å²) in [6.45, 7) is 10.8. The lowest BCUT2D eigenvalue weighted by atomic mass is 10.0. The van der Waals surface area contributed by atoms with Gasteiger partial charge in [0.1, 0.15) is 22.2 Å². The number of hydrogen-bond acceptors (Lipinski definition) is 6. The van der Waals surface area contributed by atoms with Gasteiger partial charge in [0.2, 0.25) is 0 Å². The van der Waals surface area contributed by atoms with E-state index in [0.29, 0.717) is 23.2 Å². The lowest BCUT2D eigenvalue weighted by molar-refractivity contribution is 0.103. The summed E-state index contributed by atoms with van der Waals surface area (Å²) >= 11 is 1.40. The van der Waals surface area contributed by atoms with E-state index in [-0.39, 0.29) is 5.91 Å². The van der Waals surface area contributed by atoms with Gasteiger partial charge in [-0.15, -0.1) is 11.3 Å². The van der Waals surface area contributed by atoms with Gasteiger partial charge >= 0.3 is 0 Å². The maximum Gasteiger partial charge on any atom is 0.266 e. The molecule has 2 aromatic carbocycles. The van der Waals surface area contributed by atoms with Gasteiger partial charge in [-0.05, 0) is 74.2 Å². The second-order valence-corrected chi connectivity index (χ2v) is 9.55. The summed E-state index contributed by atoms with van der Waals surface area (Å²) in [6, 6.07) is 15.9. The second kappa shape index (κ2) is 9.81. The third kappa shape index (κ3) is 4.75. The molecule has 0 bridgehead atoms. The van der Waals surface area contributed by atoms with Crippen LogP contribution in [0.1, 0.15) is 53.3 Å².